The highest BCUT2D eigenvalue weighted by molar-refractivity contribution is 6.07. The van der Waals surface area contributed by atoms with E-state index in [2.05, 4.69) is 17.4 Å². The maximum Gasteiger partial charge on any atom is 0.268 e. The number of rotatable bonds is 5. The minimum Gasteiger partial charge on any atom is -0.496 e. The number of oxime groups is 1. The van der Waals surface area contributed by atoms with Gasteiger partial charge in [0.05, 0.1) is 12.8 Å². The number of carbonyl (C=O) groups excluding carboxylic acids is 1. The van der Waals surface area contributed by atoms with E-state index in [0.29, 0.717) is 12.1 Å². The molecule has 0 aromatic heterocycles. The number of aryl methyl sites for hydroxylation is 1. The smallest absolute Gasteiger partial charge is 0.268 e. The summed E-state index contributed by atoms with van der Waals surface area (Å²) in [6.07, 6.45) is 0.755. The molecule has 3 rings (SSSR count). The summed E-state index contributed by atoms with van der Waals surface area (Å²) in [5.41, 5.74) is 3.55. The largest absolute Gasteiger partial charge is 0.496 e. The number of nitrogens with zero attached hydrogens (tertiary/aromatic N) is 1. The van der Waals surface area contributed by atoms with Crippen LogP contribution in [-0.2, 0) is 16.1 Å². The monoisotopic (exact) mass is 324 g/mol. The summed E-state index contributed by atoms with van der Waals surface area (Å²) in [5.74, 6) is 0.518. The first-order valence-electron chi connectivity index (χ1n) is 7.97. The zero-order valence-corrected chi connectivity index (χ0v) is 13.8. The number of methoxy groups -OCH3 is 1. The van der Waals surface area contributed by atoms with Gasteiger partial charge in [-0.15, -0.1) is 0 Å². The van der Waals surface area contributed by atoms with Crippen molar-refractivity contribution in [3.63, 3.8) is 0 Å². The molecule has 1 heterocycles. The second-order valence-electron chi connectivity index (χ2n) is 5.58. The zero-order valence-electron chi connectivity index (χ0n) is 13.8. The van der Waals surface area contributed by atoms with E-state index in [0.717, 1.165) is 23.4 Å². The Morgan fingerprint density at radius 2 is 2.00 bits per heavy atom. The third kappa shape index (κ3) is 3.40. The Labute approximate surface area is 141 Å². The Hall–Kier alpha value is -2.82. The summed E-state index contributed by atoms with van der Waals surface area (Å²) in [7, 11) is 1.61. The lowest BCUT2D eigenvalue weighted by atomic mass is 10.0. The van der Waals surface area contributed by atoms with E-state index >= 15 is 0 Å². The molecule has 2 aromatic rings. The average Bonchev–Trinajstić information content (AvgIpc) is 3.12. The molecule has 2 aromatic carbocycles. The molecular weight excluding hydrogens is 304 g/mol. The van der Waals surface area contributed by atoms with Gasteiger partial charge in [0, 0.05) is 17.7 Å². The average molecular weight is 324 g/mol. The van der Waals surface area contributed by atoms with Crippen LogP contribution in [0.2, 0.25) is 0 Å². The number of carbonyl (C=O) groups is 1. The van der Waals surface area contributed by atoms with Crippen molar-refractivity contribution >= 4 is 17.3 Å². The number of hydrogen-bond acceptors (Lipinski definition) is 4. The Morgan fingerprint density at radius 1 is 1.25 bits per heavy atom. The number of ether oxygens (including phenoxy) is 1. The normalized spacial score (nSPS) is 16.2. The highest BCUT2D eigenvalue weighted by Gasteiger charge is 2.30. The maximum absolute atomic E-state index is 12.4. The van der Waals surface area contributed by atoms with E-state index < -0.39 is 6.10 Å². The van der Waals surface area contributed by atoms with Gasteiger partial charge in [0.15, 0.2) is 0 Å². The maximum atomic E-state index is 12.4. The van der Waals surface area contributed by atoms with Crippen molar-refractivity contribution in [2.24, 2.45) is 5.16 Å². The molecule has 0 aliphatic carbocycles. The van der Waals surface area contributed by atoms with E-state index in [9.17, 15) is 4.79 Å². The summed E-state index contributed by atoms with van der Waals surface area (Å²) in [4.78, 5) is 17.7. The fourth-order valence-corrected chi connectivity index (χ4v) is 2.61. The SMILES string of the molecule is CCc1ccc(NC(=O)[C@@H]2CC(c3ccccc3OC)=NO2)cc1. The molecule has 0 bridgehead atoms. The van der Waals surface area contributed by atoms with Gasteiger partial charge < -0.3 is 14.9 Å². The van der Waals surface area contributed by atoms with Crippen molar-refractivity contribution in [3.05, 3.63) is 59.7 Å². The van der Waals surface area contributed by atoms with Crippen molar-refractivity contribution in [2.75, 3.05) is 12.4 Å². The Balaban J connectivity index is 1.64. The number of hydrogen-bond donors (Lipinski definition) is 1. The molecule has 24 heavy (non-hydrogen) atoms. The number of benzene rings is 2. The molecule has 0 radical (unpaired) electrons. The summed E-state index contributed by atoms with van der Waals surface area (Å²) in [5, 5.41) is 6.93. The molecule has 0 unspecified atom stereocenters. The second-order valence-corrected chi connectivity index (χ2v) is 5.58. The Morgan fingerprint density at radius 3 is 2.71 bits per heavy atom. The van der Waals surface area contributed by atoms with E-state index in [4.69, 9.17) is 9.57 Å². The lowest BCUT2D eigenvalue weighted by Gasteiger charge is -2.10. The highest BCUT2D eigenvalue weighted by atomic mass is 16.6. The molecule has 0 spiro atoms. The van der Waals surface area contributed by atoms with Crippen LogP contribution in [0.1, 0.15) is 24.5 Å². The van der Waals surface area contributed by atoms with E-state index in [1.54, 1.807) is 7.11 Å². The Kier molecular flexibility index (Phi) is 4.79. The molecule has 0 saturated heterocycles. The summed E-state index contributed by atoms with van der Waals surface area (Å²) < 4.78 is 5.33. The summed E-state index contributed by atoms with van der Waals surface area (Å²) >= 11 is 0. The molecule has 0 fully saturated rings. The fraction of sp³-hybridized carbons (Fsp3) is 0.263. The van der Waals surface area contributed by atoms with Gasteiger partial charge in [0.2, 0.25) is 6.10 Å². The summed E-state index contributed by atoms with van der Waals surface area (Å²) in [6, 6.07) is 15.4. The molecule has 5 nitrogen and oxygen atoms in total. The van der Waals surface area contributed by atoms with Crippen LogP contribution >= 0.6 is 0 Å². The van der Waals surface area contributed by atoms with Crippen molar-refractivity contribution in [2.45, 2.75) is 25.9 Å². The van der Waals surface area contributed by atoms with Crippen LogP contribution in [0.15, 0.2) is 53.7 Å². The molecule has 5 heteroatoms. The van der Waals surface area contributed by atoms with Gasteiger partial charge in [-0.1, -0.05) is 36.3 Å². The number of amides is 1. The topological polar surface area (TPSA) is 59.9 Å². The molecule has 1 aliphatic heterocycles. The first-order valence-corrected chi connectivity index (χ1v) is 7.97. The van der Waals surface area contributed by atoms with Crippen molar-refractivity contribution in [1.82, 2.24) is 0 Å². The molecule has 1 N–H and O–H groups in total. The molecule has 1 aliphatic rings. The molecule has 0 saturated carbocycles. The standard InChI is InChI=1S/C19H20N2O3/c1-3-13-8-10-14(11-9-13)20-19(22)18-12-16(21-24-18)15-6-4-5-7-17(15)23-2/h4-11,18H,3,12H2,1-2H3,(H,20,22)/t18-/m0/s1. The fourth-order valence-electron chi connectivity index (χ4n) is 2.61. The summed E-state index contributed by atoms with van der Waals surface area (Å²) in [6.45, 7) is 2.09. The quantitative estimate of drug-likeness (QED) is 0.917. The highest BCUT2D eigenvalue weighted by Crippen LogP contribution is 2.25. The predicted octanol–water partition coefficient (Wildman–Crippen LogP) is 3.39. The lowest BCUT2D eigenvalue weighted by Crippen LogP contribution is -2.28. The van der Waals surface area contributed by atoms with Crippen LogP contribution in [0.5, 0.6) is 5.75 Å². The molecule has 1 atom stereocenters. The predicted molar refractivity (Wildman–Crippen MR) is 93.5 cm³/mol. The van der Waals surface area contributed by atoms with Crippen LogP contribution in [0.4, 0.5) is 5.69 Å². The zero-order chi connectivity index (χ0) is 16.9. The van der Waals surface area contributed by atoms with Gasteiger partial charge in [0.25, 0.3) is 5.91 Å². The third-order valence-corrected chi connectivity index (χ3v) is 4.01. The molecule has 1 amide bonds. The number of para-hydroxylation sites is 1. The number of anilines is 1. The minimum atomic E-state index is -0.629. The van der Waals surface area contributed by atoms with Crippen molar-refractivity contribution < 1.29 is 14.4 Å². The first-order chi connectivity index (χ1) is 11.7. The van der Waals surface area contributed by atoms with Crippen LogP contribution in [0.3, 0.4) is 0 Å². The van der Waals surface area contributed by atoms with Crippen LogP contribution in [0.25, 0.3) is 0 Å². The first kappa shape index (κ1) is 16.1. The van der Waals surface area contributed by atoms with Crippen molar-refractivity contribution in [1.29, 1.82) is 0 Å². The molecular formula is C19H20N2O3. The lowest BCUT2D eigenvalue weighted by molar-refractivity contribution is -0.125. The van der Waals surface area contributed by atoms with Gasteiger partial charge >= 0.3 is 0 Å². The van der Waals surface area contributed by atoms with E-state index in [1.165, 1.54) is 5.56 Å². The second kappa shape index (κ2) is 7.17. The van der Waals surface area contributed by atoms with Gasteiger partial charge in [-0.2, -0.15) is 0 Å². The van der Waals surface area contributed by atoms with Crippen LogP contribution in [-0.4, -0.2) is 24.8 Å². The van der Waals surface area contributed by atoms with E-state index in [-0.39, 0.29) is 5.91 Å². The van der Waals surface area contributed by atoms with Gasteiger partial charge in [-0.3, -0.25) is 4.79 Å². The minimum absolute atomic E-state index is 0.201. The van der Waals surface area contributed by atoms with Gasteiger partial charge in [0.1, 0.15) is 5.75 Å². The van der Waals surface area contributed by atoms with Gasteiger partial charge in [-0.25, -0.2) is 0 Å². The van der Waals surface area contributed by atoms with Gasteiger partial charge in [-0.05, 0) is 36.2 Å². The number of nitrogens with one attached hydrogen (secondary N) is 1. The van der Waals surface area contributed by atoms with E-state index in [1.807, 2.05) is 48.5 Å². The molecule has 124 valence electrons. The third-order valence-electron chi connectivity index (χ3n) is 4.01. The van der Waals surface area contributed by atoms with Crippen LogP contribution in [0, 0.1) is 0 Å². The van der Waals surface area contributed by atoms with Crippen molar-refractivity contribution in [3.8, 4) is 5.75 Å². The van der Waals surface area contributed by atoms with Crippen LogP contribution < -0.4 is 10.1 Å². The Bertz CT molecular complexity index is 753.